The van der Waals surface area contributed by atoms with Gasteiger partial charge in [0.25, 0.3) is 0 Å². The third kappa shape index (κ3) is 5.83. The maximum Gasteiger partial charge on any atom is 0.164 e. The van der Waals surface area contributed by atoms with E-state index in [0.29, 0.717) is 17.5 Å². The zero-order chi connectivity index (χ0) is 37.7. The van der Waals surface area contributed by atoms with Crippen LogP contribution in [0.2, 0.25) is 0 Å². The van der Waals surface area contributed by atoms with Crippen LogP contribution in [0, 0.1) is 0 Å². The molecule has 4 nitrogen and oxygen atoms in total. The van der Waals surface area contributed by atoms with Crippen molar-refractivity contribution in [3.05, 3.63) is 206 Å². The van der Waals surface area contributed by atoms with E-state index in [9.17, 15) is 0 Å². The fraction of sp³-hybridized carbons (Fsp3) is 0. The minimum absolute atomic E-state index is 0.623. The number of aromatic nitrogens is 4. The first-order valence-corrected chi connectivity index (χ1v) is 19.3. The molecule has 0 bridgehead atoms. The van der Waals surface area contributed by atoms with E-state index in [-0.39, 0.29) is 0 Å². The highest BCUT2D eigenvalue weighted by atomic mass is 15.0. The maximum absolute atomic E-state index is 5.16. The molecule has 0 radical (unpaired) electrons. The predicted molar refractivity (Wildman–Crippen MR) is 236 cm³/mol. The summed E-state index contributed by atoms with van der Waals surface area (Å²) in [6, 6.07) is 72.9. The SMILES string of the molecule is c1ccc(-c2ccc(-c3nc(-c4cccc(-c5ccccc5-n5c6ccccc6c6cc7ccccc7cc65)c4)nc(-c4ccc5ccccc5c4)n3)cc2)cc1. The third-order valence-electron chi connectivity index (χ3n) is 11.0. The highest BCUT2D eigenvalue weighted by Crippen LogP contribution is 2.39. The van der Waals surface area contributed by atoms with E-state index in [0.717, 1.165) is 44.5 Å². The van der Waals surface area contributed by atoms with Gasteiger partial charge in [-0.1, -0.05) is 170 Å². The van der Waals surface area contributed by atoms with Crippen LogP contribution in [-0.2, 0) is 0 Å². The number of nitrogens with zero attached hydrogens (tertiary/aromatic N) is 4. The molecular formula is C53H34N4. The lowest BCUT2D eigenvalue weighted by atomic mass is 10.0. The van der Waals surface area contributed by atoms with Crippen molar-refractivity contribution in [1.29, 1.82) is 0 Å². The molecule has 0 aliphatic heterocycles. The van der Waals surface area contributed by atoms with Crippen molar-refractivity contribution in [3.63, 3.8) is 0 Å². The summed E-state index contributed by atoms with van der Waals surface area (Å²) < 4.78 is 2.41. The van der Waals surface area contributed by atoms with Crippen LogP contribution < -0.4 is 0 Å². The molecule has 0 atom stereocenters. The molecule has 0 saturated heterocycles. The molecule has 0 saturated carbocycles. The quantitative estimate of drug-likeness (QED) is 0.171. The summed E-state index contributed by atoms with van der Waals surface area (Å²) in [5, 5.41) is 7.25. The molecule has 0 N–H and O–H groups in total. The summed E-state index contributed by atoms with van der Waals surface area (Å²) in [5.41, 5.74) is 10.8. The minimum Gasteiger partial charge on any atom is -0.309 e. The van der Waals surface area contributed by atoms with Gasteiger partial charge in [0.05, 0.1) is 16.7 Å². The lowest BCUT2D eigenvalue weighted by molar-refractivity contribution is 1.07. The molecular weight excluding hydrogens is 693 g/mol. The summed E-state index contributed by atoms with van der Waals surface area (Å²) in [5.74, 6) is 1.89. The molecule has 0 fully saturated rings. The standard InChI is InChI=1S/C53H34N4/c1-2-13-35(14-3-1)37-25-28-38(29-26-37)51-54-52(56-53(55-51)44-30-27-36-15-4-5-16-39(36)31-44)43-20-12-19-42(32-43)45-21-8-10-23-48(45)57-49-24-11-9-22-46(49)47-33-40-17-6-7-18-41(40)34-50(47)57/h1-34H. The second kappa shape index (κ2) is 13.6. The van der Waals surface area contributed by atoms with E-state index >= 15 is 0 Å². The highest BCUT2D eigenvalue weighted by Gasteiger charge is 2.18. The van der Waals surface area contributed by atoms with Gasteiger partial charge in [-0.2, -0.15) is 0 Å². The van der Waals surface area contributed by atoms with Gasteiger partial charge in [-0.3, -0.25) is 0 Å². The van der Waals surface area contributed by atoms with Crippen molar-refractivity contribution in [2.75, 3.05) is 0 Å². The number of para-hydroxylation sites is 2. The van der Waals surface area contributed by atoms with Gasteiger partial charge in [-0.05, 0) is 74.6 Å². The summed E-state index contributed by atoms with van der Waals surface area (Å²) in [4.78, 5) is 15.4. The Morgan fingerprint density at radius 3 is 1.60 bits per heavy atom. The first kappa shape index (κ1) is 32.7. The fourth-order valence-electron chi connectivity index (χ4n) is 8.19. The van der Waals surface area contributed by atoms with E-state index in [1.165, 1.54) is 43.5 Å². The van der Waals surface area contributed by atoms with Crippen molar-refractivity contribution in [3.8, 4) is 62.1 Å². The van der Waals surface area contributed by atoms with Crippen molar-refractivity contribution in [2.24, 2.45) is 0 Å². The molecule has 11 aromatic rings. The first-order valence-electron chi connectivity index (χ1n) is 19.3. The predicted octanol–water partition coefficient (Wildman–Crippen LogP) is 13.6. The Hall–Kier alpha value is -7.69. The molecule has 0 unspecified atom stereocenters. The van der Waals surface area contributed by atoms with Crippen LogP contribution in [0.1, 0.15) is 0 Å². The van der Waals surface area contributed by atoms with Crippen LogP contribution in [0.5, 0.6) is 0 Å². The van der Waals surface area contributed by atoms with Crippen LogP contribution in [-0.4, -0.2) is 19.5 Å². The van der Waals surface area contributed by atoms with Crippen LogP contribution in [0.4, 0.5) is 0 Å². The molecule has 2 aromatic heterocycles. The molecule has 0 spiro atoms. The van der Waals surface area contributed by atoms with E-state index in [2.05, 4.69) is 205 Å². The largest absolute Gasteiger partial charge is 0.309 e. The zero-order valence-electron chi connectivity index (χ0n) is 30.9. The fourth-order valence-corrected chi connectivity index (χ4v) is 8.19. The molecule has 11 rings (SSSR count). The first-order chi connectivity index (χ1) is 28.2. The van der Waals surface area contributed by atoms with Gasteiger partial charge in [0.2, 0.25) is 0 Å². The number of hydrogen-bond donors (Lipinski definition) is 0. The average molecular weight is 727 g/mol. The number of hydrogen-bond acceptors (Lipinski definition) is 3. The molecule has 4 heteroatoms. The van der Waals surface area contributed by atoms with Gasteiger partial charge in [-0.25, -0.2) is 15.0 Å². The van der Waals surface area contributed by atoms with Crippen molar-refractivity contribution in [2.45, 2.75) is 0 Å². The molecule has 266 valence electrons. The Morgan fingerprint density at radius 1 is 0.281 bits per heavy atom. The van der Waals surface area contributed by atoms with Gasteiger partial charge in [-0.15, -0.1) is 0 Å². The smallest absolute Gasteiger partial charge is 0.164 e. The monoisotopic (exact) mass is 726 g/mol. The Morgan fingerprint density at radius 2 is 0.807 bits per heavy atom. The summed E-state index contributed by atoms with van der Waals surface area (Å²) in [7, 11) is 0. The zero-order valence-corrected chi connectivity index (χ0v) is 30.9. The highest BCUT2D eigenvalue weighted by molar-refractivity contribution is 6.14. The topological polar surface area (TPSA) is 43.6 Å². The van der Waals surface area contributed by atoms with Crippen LogP contribution in [0.25, 0.3) is 105 Å². The average Bonchev–Trinajstić information content (AvgIpc) is 3.61. The van der Waals surface area contributed by atoms with Gasteiger partial charge in [0.1, 0.15) is 0 Å². The Balaban J connectivity index is 1.07. The second-order valence-electron chi connectivity index (χ2n) is 14.5. The van der Waals surface area contributed by atoms with Gasteiger partial charge in [0, 0.05) is 33.0 Å². The lowest BCUT2D eigenvalue weighted by Crippen LogP contribution is -2.01. The Kier molecular flexibility index (Phi) is 7.78. The maximum atomic E-state index is 5.16. The van der Waals surface area contributed by atoms with Crippen LogP contribution in [0.15, 0.2) is 206 Å². The van der Waals surface area contributed by atoms with E-state index in [1.54, 1.807) is 0 Å². The third-order valence-corrected chi connectivity index (χ3v) is 11.0. The van der Waals surface area contributed by atoms with Crippen molar-refractivity contribution >= 4 is 43.4 Å². The Labute approximate surface area is 330 Å². The molecule has 0 amide bonds. The lowest BCUT2D eigenvalue weighted by Gasteiger charge is -2.15. The second-order valence-corrected chi connectivity index (χ2v) is 14.5. The number of fused-ring (bicyclic) bond motifs is 5. The number of rotatable bonds is 6. The van der Waals surface area contributed by atoms with Gasteiger partial charge >= 0.3 is 0 Å². The van der Waals surface area contributed by atoms with Crippen LogP contribution >= 0.6 is 0 Å². The molecule has 2 heterocycles. The minimum atomic E-state index is 0.623. The molecule has 57 heavy (non-hydrogen) atoms. The summed E-state index contributed by atoms with van der Waals surface area (Å²) in [6.45, 7) is 0. The molecule has 0 aliphatic carbocycles. The molecule has 9 aromatic carbocycles. The summed E-state index contributed by atoms with van der Waals surface area (Å²) >= 11 is 0. The molecule has 0 aliphatic rings. The van der Waals surface area contributed by atoms with Crippen molar-refractivity contribution < 1.29 is 0 Å². The van der Waals surface area contributed by atoms with E-state index in [1.807, 2.05) is 6.07 Å². The van der Waals surface area contributed by atoms with Gasteiger partial charge in [0.15, 0.2) is 17.5 Å². The summed E-state index contributed by atoms with van der Waals surface area (Å²) in [6.07, 6.45) is 0. The number of benzene rings is 9. The Bertz CT molecular complexity index is 3290. The van der Waals surface area contributed by atoms with E-state index in [4.69, 9.17) is 15.0 Å². The van der Waals surface area contributed by atoms with Crippen LogP contribution in [0.3, 0.4) is 0 Å². The van der Waals surface area contributed by atoms with Crippen molar-refractivity contribution in [1.82, 2.24) is 19.5 Å². The van der Waals surface area contributed by atoms with Gasteiger partial charge < -0.3 is 4.57 Å². The van der Waals surface area contributed by atoms with E-state index < -0.39 is 0 Å². The normalized spacial score (nSPS) is 11.5.